The maximum absolute atomic E-state index is 5.54. The highest BCUT2D eigenvalue weighted by molar-refractivity contribution is 9.10. The monoisotopic (exact) mass is 298 g/mol. The van der Waals surface area contributed by atoms with Gasteiger partial charge < -0.3 is 9.64 Å². The molecule has 4 heteroatoms. The van der Waals surface area contributed by atoms with Gasteiger partial charge in [0, 0.05) is 30.9 Å². The SMILES string of the molecule is COC1CN(c2ncc(Br)cc2C)CCC1C. The summed E-state index contributed by atoms with van der Waals surface area (Å²) < 4.78 is 6.57. The largest absolute Gasteiger partial charge is 0.379 e. The molecule has 1 fully saturated rings. The molecule has 2 rings (SSSR count). The fourth-order valence-corrected chi connectivity index (χ4v) is 2.84. The summed E-state index contributed by atoms with van der Waals surface area (Å²) in [7, 11) is 1.80. The quantitative estimate of drug-likeness (QED) is 0.839. The highest BCUT2D eigenvalue weighted by Crippen LogP contribution is 2.26. The third-order valence-corrected chi connectivity index (χ3v) is 3.94. The summed E-state index contributed by atoms with van der Waals surface area (Å²) in [6.45, 7) is 6.37. The number of halogens is 1. The number of nitrogens with zero attached hydrogens (tertiary/aromatic N) is 2. The Morgan fingerprint density at radius 3 is 2.94 bits per heavy atom. The Morgan fingerprint density at radius 2 is 2.29 bits per heavy atom. The predicted octanol–water partition coefficient (Wildman–Crippen LogP) is 3.01. The third kappa shape index (κ3) is 2.80. The number of hydrogen-bond acceptors (Lipinski definition) is 3. The van der Waals surface area contributed by atoms with Crippen LogP contribution in [0.15, 0.2) is 16.7 Å². The van der Waals surface area contributed by atoms with Gasteiger partial charge in [-0.1, -0.05) is 6.92 Å². The summed E-state index contributed by atoms with van der Waals surface area (Å²) in [6, 6.07) is 2.11. The summed E-state index contributed by atoms with van der Waals surface area (Å²) in [4.78, 5) is 6.85. The van der Waals surface area contributed by atoms with Gasteiger partial charge in [-0.25, -0.2) is 4.98 Å². The average Bonchev–Trinajstić information content (AvgIpc) is 2.30. The van der Waals surface area contributed by atoms with E-state index in [9.17, 15) is 0 Å². The standard InChI is InChI=1S/C13H19BrN2O/c1-9-4-5-16(8-12(9)17-3)13-10(2)6-11(14)7-15-13/h6-7,9,12H,4-5,8H2,1-3H3. The van der Waals surface area contributed by atoms with Crippen molar-refractivity contribution < 1.29 is 4.74 Å². The topological polar surface area (TPSA) is 25.4 Å². The zero-order valence-electron chi connectivity index (χ0n) is 10.6. The first-order chi connectivity index (χ1) is 8.11. The lowest BCUT2D eigenvalue weighted by molar-refractivity contribution is 0.0496. The summed E-state index contributed by atoms with van der Waals surface area (Å²) in [5.41, 5.74) is 1.21. The first kappa shape index (κ1) is 12.8. The van der Waals surface area contributed by atoms with Crippen LogP contribution in [-0.2, 0) is 4.74 Å². The van der Waals surface area contributed by atoms with Crippen molar-refractivity contribution in [2.75, 3.05) is 25.1 Å². The molecule has 0 saturated carbocycles. The van der Waals surface area contributed by atoms with Crippen molar-refractivity contribution in [2.45, 2.75) is 26.4 Å². The van der Waals surface area contributed by atoms with Gasteiger partial charge in [0.25, 0.3) is 0 Å². The summed E-state index contributed by atoms with van der Waals surface area (Å²) in [6.07, 6.45) is 3.34. The van der Waals surface area contributed by atoms with E-state index in [4.69, 9.17) is 4.74 Å². The van der Waals surface area contributed by atoms with Crippen LogP contribution < -0.4 is 4.90 Å². The number of methoxy groups -OCH3 is 1. The molecule has 2 atom stereocenters. The van der Waals surface area contributed by atoms with Gasteiger partial charge in [0.15, 0.2) is 0 Å². The van der Waals surface area contributed by atoms with Crippen LogP contribution in [-0.4, -0.2) is 31.3 Å². The predicted molar refractivity (Wildman–Crippen MR) is 73.5 cm³/mol. The van der Waals surface area contributed by atoms with Crippen molar-refractivity contribution in [3.63, 3.8) is 0 Å². The molecule has 1 saturated heterocycles. The van der Waals surface area contributed by atoms with Crippen LogP contribution in [0.2, 0.25) is 0 Å². The zero-order valence-corrected chi connectivity index (χ0v) is 12.2. The van der Waals surface area contributed by atoms with Gasteiger partial charge in [-0.2, -0.15) is 0 Å². The van der Waals surface area contributed by atoms with E-state index in [2.05, 4.69) is 45.7 Å². The van der Waals surface area contributed by atoms with E-state index in [1.807, 2.05) is 6.20 Å². The fourth-order valence-electron chi connectivity index (χ4n) is 2.40. The van der Waals surface area contributed by atoms with Crippen LogP contribution in [0.1, 0.15) is 18.9 Å². The molecule has 0 N–H and O–H groups in total. The maximum Gasteiger partial charge on any atom is 0.131 e. The molecule has 1 aliphatic heterocycles. The number of pyridine rings is 1. The number of piperidine rings is 1. The van der Waals surface area contributed by atoms with Crippen LogP contribution in [0, 0.1) is 12.8 Å². The Hall–Kier alpha value is -0.610. The lowest BCUT2D eigenvalue weighted by atomic mass is 9.95. The first-order valence-corrected chi connectivity index (χ1v) is 6.81. The lowest BCUT2D eigenvalue weighted by Crippen LogP contribution is -2.44. The lowest BCUT2D eigenvalue weighted by Gasteiger charge is -2.37. The van der Waals surface area contributed by atoms with Gasteiger partial charge in [-0.3, -0.25) is 0 Å². The normalized spacial score (nSPS) is 25.1. The van der Waals surface area contributed by atoms with Gasteiger partial charge in [-0.15, -0.1) is 0 Å². The van der Waals surface area contributed by atoms with E-state index >= 15 is 0 Å². The van der Waals surface area contributed by atoms with Gasteiger partial charge >= 0.3 is 0 Å². The molecule has 1 aromatic rings. The van der Waals surface area contributed by atoms with Crippen LogP contribution in [0.3, 0.4) is 0 Å². The van der Waals surface area contributed by atoms with E-state index in [1.165, 1.54) is 5.56 Å². The minimum Gasteiger partial charge on any atom is -0.379 e. The van der Waals surface area contributed by atoms with Crippen molar-refractivity contribution >= 4 is 21.7 Å². The molecule has 2 unspecified atom stereocenters. The molecule has 0 radical (unpaired) electrons. The highest BCUT2D eigenvalue weighted by atomic mass is 79.9. The Balaban J connectivity index is 2.17. The Labute approximate surface area is 111 Å². The summed E-state index contributed by atoms with van der Waals surface area (Å²) in [5, 5.41) is 0. The zero-order chi connectivity index (χ0) is 12.4. The number of ether oxygens (including phenoxy) is 1. The van der Waals surface area contributed by atoms with Crippen LogP contribution in [0.5, 0.6) is 0 Å². The Kier molecular flexibility index (Phi) is 4.05. The summed E-state index contributed by atoms with van der Waals surface area (Å²) >= 11 is 3.45. The van der Waals surface area contributed by atoms with Crippen LogP contribution >= 0.6 is 15.9 Å². The maximum atomic E-state index is 5.54. The number of aryl methyl sites for hydroxylation is 1. The second kappa shape index (κ2) is 5.36. The molecule has 3 nitrogen and oxygen atoms in total. The van der Waals surface area contributed by atoms with E-state index in [1.54, 1.807) is 7.11 Å². The van der Waals surface area contributed by atoms with E-state index in [0.717, 1.165) is 29.8 Å². The molecule has 94 valence electrons. The first-order valence-electron chi connectivity index (χ1n) is 6.01. The van der Waals surface area contributed by atoms with Gasteiger partial charge in [0.05, 0.1) is 6.10 Å². The molecule has 0 aromatic carbocycles. The second-order valence-corrected chi connectivity index (χ2v) is 5.70. The smallest absolute Gasteiger partial charge is 0.131 e. The average molecular weight is 299 g/mol. The molecule has 0 spiro atoms. The molecule has 0 aliphatic carbocycles. The number of aromatic nitrogens is 1. The molecule has 2 heterocycles. The van der Waals surface area contributed by atoms with Crippen LogP contribution in [0.25, 0.3) is 0 Å². The molecular weight excluding hydrogens is 280 g/mol. The van der Waals surface area contributed by atoms with Gasteiger partial charge in [0.1, 0.15) is 5.82 Å². The van der Waals surface area contributed by atoms with Crippen molar-refractivity contribution in [3.05, 3.63) is 22.3 Å². The molecular formula is C13H19BrN2O. The molecule has 0 amide bonds. The Bertz CT molecular complexity index is 397. The highest BCUT2D eigenvalue weighted by Gasteiger charge is 2.27. The summed E-state index contributed by atoms with van der Waals surface area (Å²) in [5.74, 6) is 1.72. The number of hydrogen-bond donors (Lipinski definition) is 0. The number of rotatable bonds is 2. The second-order valence-electron chi connectivity index (χ2n) is 4.78. The van der Waals surface area contributed by atoms with Crippen molar-refractivity contribution in [1.82, 2.24) is 4.98 Å². The minimum absolute atomic E-state index is 0.314. The molecule has 17 heavy (non-hydrogen) atoms. The molecule has 0 bridgehead atoms. The van der Waals surface area contributed by atoms with Crippen LogP contribution in [0.4, 0.5) is 5.82 Å². The van der Waals surface area contributed by atoms with E-state index in [0.29, 0.717) is 12.0 Å². The Morgan fingerprint density at radius 1 is 1.53 bits per heavy atom. The van der Waals surface area contributed by atoms with E-state index < -0.39 is 0 Å². The number of anilines is 1. The van der Waals surface area contributed by atoms with Crippen molar-refractivity contribution in [2.24, 2.45) is 5.92 Å². The van der Waals surface area contributed by atoms with E-state index in [-0.39, 0.29) is 0 Å². The minimum atomic E-state index is 0.314. The van der Waals surface area contributed by atoms with Gasteiger partial charge in [-0.05, 0) is 46.8 Å². The fraction of sp³-hybridized carbons (Fsp3) is 0.615. The molecule has 1 aliphatic rings. The third-order valence-electron chi connectivity index (χ3n) is 3.51. The van der Waals surface area contributed by atoms with Gasteiger partial charge in [0.2, 0.25) is 0 Å². The molecule has 1 aromatic heterocycles. The van der Waals surface area contributed by atoms with Crippen molar-refractivity contribution in [3.8, 4) is 0 Å². The van der Waals surface area contributed by atoms with Crippen molar-refractivity contribution in [1.29, 1.82) is 0 Å².